The van der Waals surface area contributed by atoms with E-state index in [0.29, 0.717) is 11.3 Å². The average Bonchev–Trinajstić information content (AvgIpc) is 2.69. The van der Waals surface area contributed by atoms with Gasteiger partial charge in [-0.25, -0.2) is 5.43 Å². The number of rotatable bonds is 4. The number of benzene rings is 3. The van der Waals surface area contributed by atoms with Crippen molar-refractivity contribution in [2.45, 2.75) is 0 Å². The molecule has 0 aromatic heterocycles. The van der Waals surface area contributed by atoms with E-state index in [-0.39, 0.29) is 11.5 Å². The summed E-state index contributed by atoms with van der Waals surface area (Å²) in [7, 11) is 1.43. The molecule has 0 unspecified atom stereocenters. The summed E-state index contributed by atoms with van der Waals surface area (Å²) in [6.07, 6.45) is 1.22. The van der Waals surface area contributed by atoms with Gasteiger partial charge in [-0.2, -0.15) is 5.10 Å². The lowest BCUT2D eigenvalue weighted by atomic mass is 10.1. The number of ether oxygens (including phenoxy) is 1. The van der Waals surface area contributed by atoms with E-state index >= 15 is 0 Å². The fourth-order valence-electron chi connectivity index (χ4n) is 2.53. The van der Waals surface area contributed by atoms with Gasteiger partial charge < -0.3 is 15.2 Å². The molecule has 0 aliphatic heterocycles. The first-order chi connectivity index (χ1) is 13.1. The number of phenolic OH excluding ortho intramolecular Hbond substituents is 1. The molecule has 7 nitrogen and oxygen atoms in total. The number of nitrogens with one attached hydrogen (secondary N) is 2. The van der Waals surface area contributed by atoms with Crippen molar-refractivity contribution >= 4 is 34.5 Å². The van der Waals surface area contributed by atoms with Gasteiger partial charge in [0, 0.05) is 16.6 Å². The number of nitrogens with zero attached hydrogens (tertiary/aromatic N) is 1. The molecular weight excluding hydrogens is 346 g/mol. The van der Waals surface area contributed by atoms with Crippen molar-refractivity contribution in [2.24, 2.45) is 5.10 Å². The van der Waals surface area contributed by atoms with Crippen molar-refractivity contribution < 1.29 is 19.4 Å². The van der Waals surface area contributed by atoms with Gasteiger partial charge in [-0.15, -0.1) is 0 Å². The Morgan fingerprint density at radius 2 is 1.74 bits per heavy atom. The fraction of sp³-hybridized carbons (Fsp3) is 0.0500. The second-order valence-corrected chi connectivity index (χ2v) is 5.58. The molecule has 136 valence electrons. The minimum atomic E-state index is -0.929. The molecule has 0 heterocycles. The molecule has 0 bridgehead atoms. The molecular formula is C20H17N3O4. The van der Waals surface area contributed by atoms with Crippen LogP contribution < -0.4 is 15.5 Å². The van der Waals surface area contributed by atoms with Crippen LogP contribution in [0.3, 0.4) is 0 Å². The third kappa shape index (κ3) is 4.04. The summed E-state index contributed by atoms with van der Waals surface area (Å²) >= 11 is 0. The maximum absolute atomic E-state index is 12.1. The molecule has 0 saturated carbocycles. The van der Waals surface area contributed by atoms with Crippen molar-refractivity contribution in [3.63, 3.8) is 0 Å². The molecule has 0 spiro atoms. The van der Waals surface area contributed by atoms with Crippen LogP contribution in [0.2, 0.25) is 0 Å². The Balaban J connectivity index is 1.67. The highest BCUT2D eigenvalue weighted by Crippen LogP contribution is 2.28. The Morgan fingerprint density at radius 3 is 2.56 bits per heavy atom. The summed E-state index contributed by atoms with van der Waals surface area (Å²) in [4.78, 5) is 24.1. The van der Waals surface area contributed by atoms with E-state index in [1.54, 1.807) is 30.3 Å². The Kier molecular flexibility index (Phi) is 5.32. The van der Waals surface area contributed by atoms with Gasteiger partial charge in [0.05, 0.1) is 13.3 Å². The lowest BCUT2D eigenvalue weighted by Crippen LogP contribution is -2.32. The number of anilines is 1. The standard InChI is InChI=1S/C20H17N3O4/c1-27-17-11-5-8-14(18(17)24)12-21-23-20(26)19(25)22-16-10-4-7-13-6-2-3-9-15(13)16/h2-12,24H,1H3,(H,22,25)(H,23,26). The van der Waals surface area contributed by atoms with Gasteiger partial charge in [0.25, 0.3) is 0 Å². The number of fused-ring (bicyclic) bond motifs is 1. The predicted octanol–water partition coefficient (Wildman–Crippen LogP) is 2.64. The van der Waals surface area contributed by atoms with Crippen LogP contribution in [0.1, 0.15) is 5.56 Å². The Morgan fingerprint density at radius 1 is 1.00 bits per heavy atom. The number of phenols is 1. The smallest absolute Gasteiger partial charge is 0.329 e. The molecule has 0 fully saturated rings. The highest BCUT2D eigenvalue weighted by Gasteiger charge is 2.14. The van der Waals surface area contributed by atoms with Gasteiger partial charge in [-0.1, -0.05) is 42.5 Å². The Hall–Kier alpha value is -3.87. The summed E-state index contributed by atoms with van der Waals surface area (Å²) in [5, 5.41) is 18.0. The first-order valence-electron chi connectivity index (χ1n) is 8.08. The lowest BCUT2D eigenvalue weighted by molar-refractivity contribution is -0.136. The zero-order chi connectivity index (χ0) is 19.2. The number of carbonyl (C=O) groups excluding carboxylic acids is 2. The van der Waals surface area contributed by atoms with Crippen LogP contribution in [0.4, 0.5) is 5.69 Å². The lowest BCUT2D eigenvalue weighted by Gasteiger charge is -2.08. The number of hydrazone groups is 1. The van der Waals surface area contributed by atoms with Crippen molar-refractivity contribution in [1.29, 1.82) is 0 Å². The minimum absolute atomic E-state index is 0.113. The normalized spacial score (nSPS) is 10.7. The quantitative estimate of drug-likeness (QED) is 0.377. The third-order valence-corrected chi connectivity index (χ3v) is 3.86. The summed E-state index contributed by atoms with van der Waals surface area (Å²) in [5.74, 6) is -1.61. The zero-order valence-electron chi connectivity index (χ0n) is 14.5. The first-order valence-corrected chi connectivity index (χ1v) is 8.08. The van der Waals surface area contributed by atoms with Crippen LogP contribution in [0.25, 0.3) is 10.8 Å². The van der Waals surface area contributed by atoms with Gasteiger partial charge >= 0.3 is 11.8 Å². The molecule has 2 amide bonds. The monoisotopic (exact) mass is 363 g/mol. The fourth-order valence-corrected chi connectivity index (χ4v) is 2.53. The largest absolute Gasteiger partial charge is 0.504 e. The molecule has 0 aliphatic rings. The number of carbonyl (C=O) groups is 2. The molecule has 0 atom stereocenters. The van der Waals surface area contributed by atoms with Crippen LogP contribution in [-0.4, -0.2) is 30.2 Å². The molecule has 7 heteroatoms. The molecule has 3 rings (SSSR count). The van der Waals surface area contributed by atoms with Crippen LogP contribution in [-0.2, 0) is 9.59 Å². The van der Waals surface area contributed by atoms with E-state index in [0.717, 1.165) is 10.8 Å². The van der Waals surface area contributed by atoms with E-state index in [4.69, 9.17) is 4.74 Å². The molecule has 3 aromatic rings. The molecule has 0 radical (unpaired) electrons. The number of hydrogen-bond donors (Lipinski definition) is 3. The van der Waals surface area contributed by atoms with Gasteiger partial charge in [0.1, 0.15) is 0 Å². The maximum Gasteiger partial charge on any atom is 0.329 e. The maximum atomic E-state index is 12.1. The van der Waals surface area contributed by atoms with Crippen molar-refractivity contribution in [3.05, 3.63) is 66.2 Å². The Labute approximate surface area is 155 Å². The van der Waals surface area contributed by atoms with Crippen LogP contribution >= 0.6 is 0 Å². The number of amides is 2. The molecule has 3 N–H and O–H groups in total. The van der Waals surface area contributed by atoms with Crippen molar-refractivity contribution in [3.8, 4) is 11.5 Å². The number of hydrogen-bond acceptors (Lipinski definition) is 5. The first kappa shape index (κ1) is 17.9. The Bertz CT molecular complexity index is 1030. The van der Waals surface area contributed by atoms with Crippen LogP contribution in [0.5, 0.6) is 11.5 Å². The minimum Gasteiger partial charge on any atom is -0.504 e. The van der Waals surface area contributed by atoms with E-state index in [9.17, 15) is 14.7 Å². The molecule has 27 heavy (non-hydrogen) atoms. The SMILES string of the molecule is COc1cccc(C=NNC(=O)C(=O)Nc2cccc3ccccc23)c1O. The van der Waals surface area contributed by atoms with Gasteiger partial charge in [-0.3, -0.25) is 9.59 Å². The van der Waals surface area contributed by atoms with Crippen molar-refractivity contribution in [2.75, 3.05) is 12.4 Å². The second kappa shape index (κ2) is 8.01. The predicted molar refractivity (Wildman–Crippen MR) is 103 cm³/mol. The van der Waals surface area contributed by atoms with Gasteiger partial charge in [0.15, 0.2) is 11.5 Å². The molecule has 0 saturated heterocycles. The number of aromatic hydroxyl groups is 1. The van der Waals surface area contributed by atoms with Crippen molar-refractivity contribution in [1.82, 2.24) is 5.43 Å². The average molecular weight is 363 g/mol. The summed E-state index contributed by atoms with van der Waals surface area (Å²) in [5.41, 5.74) is 3.00. The van der Waals surface area contributed by atoms with E-state index in [1.165, 1.54) is 13.3 Å². The zero-order valence-corrected chi connectivity index (χ0v) is 14.5. The molecule has 3 aromatic carbocycles. The topological polar surface area (TPSA) is 100 Å². The highest BCUT2D eigenvalue weighted by atomic mass is 16.5. The third-order valence-electron chi connectivity index (χ3n) is 3.86. The summed E-state index contributed by atoms with van der Waals surface area (Å²) < 4.78 is 4.99. The molecule has 0 aliphatic carbocycles. The van der Waals surface area contributed by atoms with E-state index in [2.05, 4.69) is 15.8 Å². The number of methoxy groups -OCH3 is 1. The van der Waals surface area contributed by atoms with E-state index in [1.807, 2.05) is 30.3 Å². The summed E-state index contributed by atoms with van der Waals surface area (Å²) in [6.45, 7) is 0. The van der Waals surface area contributed by atoms with Gasteiger partial charge in [-0.05, 0) is 23.6 Å². The van der Waals surface area contributed by atoms with Crippen LogP contribution in [0.15, 0.2) is 65.8 Å². The number of para-hydroxylation sites is 1. The van der Waals surface area contributed by atoms with Gasteiger partial charge in [0.2, 0.25) is 0 Å². The van der Waals surface area contributed by atoms with E-state index < -0.39 is 11.8 Å². The van der Waals surface area contributed by atoms with Crippen LogP contribution in [0, 0.1) is 0 Å². The highest BCUT2D eigenvalue weighted by molar-refractivity contribution is 6.40. The second-order valence-electron chi connectivity index (χ2n) is 5.58. The summed E-state index contributed by atoms with van der Waals surface area (Å²) in [6, 6.07) is 17.8.